The lowest BCUT2D eigenvalue weighted by Crippen LogP contribution is -2.14. The quantitative estimate of drug-likeness (QED) is 0.570. The van der Waals surface area contributed by atoms with Crippen molar-refractivity contribution >= 4 is 23.6 Å². The Hall–Kier alpha value is -3.28. The van der Waals surface area contributed by atoms with E-state index in [1.807, 2.05) is 0 Å². The topological polar surface area (TPSA) is 73.9 Å². The van der Waals surface area contributed by atoms with Crippen LogP contribution in [0.15, 0.2) is 48.5 Å². The monoisotopic (exact) mass is 369 g/mol. The molecular weight excluding hydrogens is 346 g/mol. The van der Waals surface area contributed by atoms with E-state index in [0.717, 1.165) is 11.1 Å². The first kappa shape index (κ1) is 20.0. The summed E-state index contributed by atoms with van der Waals surface area (Å²) in [7, 11) is 3.13. The molecule has 0 atom stereocenters. The van der Waals surface area contributed by atoms with Gasteiger partial charge >= 0.3 is 5.97 Å². The number of anilines is 1. The summed E-state index contributed by atoms with van der Waals surface area (Å²) in [6.45, 7) is 2.10. The molecule has 0 heterocycles. The molecule has 142 valence electrons. The van der Waals surface area contributed by atoms with Gasteiger partial charge in [0, 0.05) is 23.4 Å². The molecule has 0 fully saturated rings. The Kier molecular flexibility index (Phi) is 7.43. The molecule has 6 nitrogen and oxygen atoms in total. The molecule has 0 aliphatic carbocycles. The maximum atomic E-state index is 12.3. The van der Waals surface area contributed by atoms with E-state index in [0.29, 0.717) is 23.8 Å². The van der Waals surface area contributed by atoms with Gasteiger partial charge in [-0.05, 0) is 36.8 Å². The summed E-state index contributed by atoms with van der Waals surface area (Å²) in [5.41, 5.74) is 2.27. The molecule has 0 saturated heterocycles. The van der Waals surface area contributed by atoms with Crippen LogP contribution >= 0.6 is 0 Å². The Balaban J connectivity index is 1.97. The number of carbonyl (C=O) groups excluding carboxylic acids is 2. The van der Waals surface area contributed by atoms with Crippen molar-refractivity contribution in [3.63, 3.8) is 0 Å². The lowest BCUT2D eigenvalue weighted by molar-refractivity contribution is -0.137. The van der Waals surface area contributed by atoms with Gasteiger partial charge in [-0.25, -0.2) is 4.79 Å². The summed E-state index contributed by atoms with van der Waals surface area (Å²) in [5.74, 6) is 0.725. The maximum absolute atomic E-state index is 12.3. The van der Waals surface area contributed by atoms with E-state index in [-0.39, 0.29) is 18.3 Å². The molecule has 0 aliphatic rings. The zero-order valence-electron chi connectivity index (χ0n) is 15.7. The molecule has 2 aromatic carbocycles. The molecule has 1 N–H and O–H groups in total. The molecule has 2 rings (SSSR count). The van der Waals surface area contributed by atoms with Crippen molar-refractivity contribution in [2.75, 3.05) is 26.1 Å². The number of hydrogen-bond donors (Lipinski definition) is 1. The van der Waals surface area contributed by atoms with Gasteiger partial charge in [0.25, 0.3) is 0 Å². The van der Waals surface area contributed by atoms with Crippen LogP contribution in [0.25, 0.3) is 6.08 Å². The zero-order valence-corrected chi connectivity index (χ0v) is 15.7. The number of amides is 1. The van der Waals surface area contributed by atoms with Gasteiger partial charge in [0.15, 0.2) is 0 Å². The molecule has 6 heteroatoms. The van der Waals surface area contributed by atoms with E-state index in [1.165, 1.54) is 6.08 Å². The molecule has 1 amide bonds. The smallest absolute Gasteiger partial charge is 0.330 e. The summed E-state index contributed by atoms with van der Waals surface area (Å²) in [6.07, 6.45) is 3.20. The second kappa shape index (κ2) is 10.0. The highest BCUT2D eigenvalue weighted by atomic mass is 16.5. The van der Waals surface area contributed by atoms with Gasteiger partial charge < -0.3 is 19.5 Å². The predicted molar refractivity (Wildman–Crippen MR) is 104 cm³/mol. The zero-order chi connectivity index (χ0) is 19.6. The average Bonchev–Trinajstić information content (AvgIpc) is 2.68. The molecule has 0 unspecified atom stereocenters. The highest BCUT2D eigenvalue weighted by Gasteiger charge is 2.10. The van der Waals surface area contributed by atoms with Crippen molar-refractivity contribution in [3.8, 4) is 11.5 Å². The van der Waals surface area contributed by atoms with Crippen LogP contribution in [0.5, 0.6) is 11.5 Å². The van der Waals surface area contributed by atoms with Crippen molar-refractivity contribution in [1.82, 2.24) is 0 Å². The first-order valence-electron chi connectivity index (χ1n) is 8.51. The van der Waals surface area contributed by atoms with Gasteiger partial charge in [-0.15, -0.1) is 0 Å². The van der Waals surface area contributed by atoms with E-state index in [4.69, 9.17) is 14.2 Å². The Bertz CT molecular complexity index is 812. The van der Waals surface area contributed by atoms with Crippen molar-refractivity contribution < 1.29 is 23.8 Å². The number of carbonyl (C=O) groups is 2. The summed E-state index contributed by atoms with van der Waals surface area (Å²) in [6, 6.07) is 12.5. The molecule has 0 bridgehead atoms. The molecule has 0 saturated carbocycles. The van der Waals surface area contributed by atoms with Crippen LogP contribution in [0.3, 0.4) is 0 Å². The van der Waals surface area contributed by atoms with Gasteiger partial charge in [0.05, 0.1) is 27.2 Å². The Morgan fingerprint density at radius 2 is 1.78 bits per heavy atom. The molecule has 2 aromatic rings. The first-order valence-corrected chi connectivity index (χ1v) is 8.51. The minimum absolute atomic E-state index is 0.159. The van der Waals surface area contributed by atoms with E-state index in [2.05, 4.69) is 5.32 Å². The third-order valence-corrected chi connectivity index (χ3v) is 3.74. The molecule has 0 aromatic heterocycles. The van der Waals surface area contributed by atoms with Gasteiger partial charge in [-0.3, -0.25) is 4.79 Å². The maximum Gasteiger partial charge on any atom is 0.330 e. The van der Waals surface area contributed by atoms with Crippen LogP contribution in [0.1, 0.15) is 18.1 Å². The number of esters is 1. The number of ether oxygens (including phenoxy) is 3. The second-order valence-electron chi connectivity index (χ2n) is 5.61. The van der Waals surface area contributed by atoms with E-state index < -0.39 is 0 Å². The van der Waals surface area contributed by atoms with Crippen molar-refractivity contribution in [2.45, 2.75) is 13.3 Å². The fourth-order valence-corrected chi connectivity index (χ4v) is 2.41. The number of rotatable bonds is 8. The summed E-state index contributed by atoms with van der Waals surface area (Å²) in [4.78, 5) is 23.6. The third kappa shape index (κ3) is 6.18. The van der Waals surface area contributed by atoms with E-state index >= 15 is 0 Å². The Morgan fingerprint density at radius 3 is 2.41 bits per heavy atom. The third-order valence-electron chi connectivity index (χ3n) is 3.74. The summed E-state index contributed by atoms with van der Waals surface area (Å²) in [5, 5.41) is 2.84. The average molecular weight is 369 g/mol. The number of methoxy groups -OCH3 is 2. The molecule has 0 spiro atoms. The minimum atomic E-state index is -0.386. The van der Waals surface area contributed by atoms with Gasteiger partial charge in [0.2, 0.25) is 5.91 Å². The van der Waals surface area contributed by atoms with Crippen molar-refractivity contribution in [2.24, 2.45) is 0 Å². The van der Waals surface area contributed by atoms with Crippen LogP contribution in [0.2, 0.25) is 0 Å². The highest BCUT2D eigenvalue weighted by Crippen LogP contribution is 2.25. The fourth-order valence-electron chi connectivity index (χ4n) is 2.41. The van der Waals surface area contributed by atoms with Crippen molar-refractivity contribution in [1.29, 1.82) is 0 Å². The van der Waals surface area contributed by atoms with Gasteiger partial charge in [-0.1, -0.05) is 18.2 Å². The normalized spacial score (nSPS) is 10.5. The largest absolute Gasteiger partial charge is 0.497 e. The molecule has 0 aliphatic heterocycles. The molecular formula is C21H23NO5. The van der Waals surface area contributed by atoms with Crippen LogP contribution in [0.4, 0.5) is 5.69 Å². The van der Waals surface area contributed by atoms with Crippen LogP contribution < -0.4 is 14.8 Å². The molecule has 27 heavy (non-hydrogen) atoms. The Labute approximate surface area is 158 Å². The van der Waals surface area contributed by atoms with E-state index in [9.17, 15) is 9.59 Å². The summed E-state index contributed by atoms with van der Waals surface area (Å²) >= 11 is 0. The lowest BCUT2D eigenvalue weighted by atomic mass is 10.1. The number of nitrogens with one attached hydrogen (secondary N) is 1. The SMILES string of the molecule is CCOC(=O)C=Cc1ccc(NC(=O)Cc2ccc(OC)cc2OC)cc1. The fraction of sp³-hybridized carbons (Fsp3) is 0.238. The molecule has 0 radical (unpaired) electrons. The second-order valence-corrected chi connectivity index (χ2v) is 5.61. The van der Waals surface area contributed by atoms with Crippen LogP contribution in [0, 0.1) is 0 Å². The van der Waals surface area contributed by atoms with Gasteiger partial charge in [-0.2, -0.15) is 0 Å². The van der Waals surface area contributed by atoms with Crippen molar-refractivity contribution in [3.05, 3.63) is 59.7 Å². The van der Waals surface area contributed by atoms with Crippen LogP contribution in [-0.4, -0.2) is 32.7 Å². The Morgan fingerprint density at radius 1 is 1.04 bits per heavy atom. The first-order chi connectivity index (χ1) is 13.0. The minimum Gasteiger partial charge on any atom is -0.497 e. The predicted octanol–water partition coefficient (Wildman–Crippen LogP) is 3.46. The highest BCUT2D eigenvalue weighted by molar-refractivity contribution is 5.93. The van der Waals surface area contributed by atoms with E-state index in [1.54, 1.807) is 69.7 Å². The number of benzene rings is 2. The van der Waals surface area contributed by atoms with Gasteiger partial charge in [0.1, 0.15) is 11.5 Å². The lowest BCUT2D eigenvalue weighted by Gasteiger charge is -2.11. The number of hydrogen-bond acceptors (Lipinski definition) is 5. The standard InChI is InChI=1S/C21H23NO5/c1-4-27-21(24)12-7-15-5-9-17(10-6-15)22-20(23)13-16-8-11-18(25-2)14-19(16)26-3/h5-12,14H,4,13H2,1-3H3,(H,22,23). The summed E-state index contributed by atoms with van der Waals surface area (Å²) < 4.78 is 15.3. The van der Waals surface area contributed by atoms with Crippen LogP contribution in [-0.2, 0) is 20.7 Å².